The molecular weight excluding hydrogens is 258 g/mol. The number of hydrogen-bond acceptors (Lipinski definition) is 3. The summed E-state index contributed by atoms with van der Waals surface area (Å²) in [6.07, 6.45) is 4.25. The fraction of sp³-hybridized carbons (Fsp3) is 0.533. The molecule has 3 atom stereocenters. The number of rotatable bonds is 4. The largest absolute Gasteiger partial charge is 0.372 e. The summed E-state index contributed by atoms with van der Waals surface area (Å²) in [6.45, 7) is 7.13. The van der Waals surface area contributed by atoms with Gasteiger partial charge in [-0.25, -0.2) is 0 Å². The molecule has 19 heavy (non-hydrogen) atoms. The molecule has 0 unspecified atom stereocenters. The number of fused-ring (bicyclic) bond motifs is 2. The van der Waals surface area contributed by atoms with Crippen molar-refractivity contribution in [3.8, 4) is 0 Å². The lowest BCUT2D eigenvalue weighted by Gasteiger charge is -2.27. The van der Waals surface area contributed by atoms with Crippen LogP contribution in [0, 0.1) is 12.8 Å². The zero-order valence-electron chi connectivity index (χ0n) is 11.2. The molecule has 102 valence electrons. The maximum absolute atomic E-state index is 12.6. The highest BCUT2D eigenvalue weighted by Crippen LogP contribution is 2.41. The van der Waals surface area contributed by atoms with Crippen molar-refractivity contribution >= 4 is 17.2 Å². The van der Waals surface area contributed by atoms with E-state index in [0.717, 1.165) is 23.4 Å². The molecule has 2 fully saturated rings. The van der Waals surface area contributed by atoms with E-state index in [1.54, 1.807) is 17.4 Å². The SMILES string of the molecule is C=CCO[C@@H]1[C@H]2CC[C@H]1N(C(=O)c1sccc1C)C2. The zero-order chi connectivity index (χ0) is 13.4. The van der Waals surface area contributed by atoms with Gasteiger partial charge in [0.2, 0.25) is 0 Å². The standard InChI is InChI=1S/C15H19NO2S/c1-3-7-18-13-11-4-5-12(13)16(9-11)15(17)14-10(2)6-8-19-14/h3,6,8,11-13H,1,4-5,7,9H2,2H3/t11-,12+,13+/m0/s1. The second-order valence-electron chi connectivity index (χ2n) is 5.38. The van der Waals surface area contributed by atoms with Gasteiger partial charge in [-0.15, -0.1) is 17.9 Å². The van der Waals surface area contributed by atoms with Gasteiger partial charge >= 0.3 is 0 Å². The number of thiophene rings is 1. The molecule has 4 heteroatoms. The lowest BCUT2D eigenvalue weighted by molar-refractivity contribution is 0.0410. The lowest BCUT2D eigenvalue weighted by Crippen LogP contribution is -2.39. The molecule has 1 saturated carbocycles. The van der Waals surface area contributed by atoms with Crippen LogP contribution in [0.3, 0.4) is 0 Å². The summed E-state index contributed by atoms with van der Waals surface area (Å²) in [5, 5.41) is 1.99. The van der Waals surface area contributed by atoms with Crippen molar-refractivity contribution in [1.82, 2.24) is 4.90 Å². The smallest absolute Gasteiger partial charge is 0.264 e. The summed E-state index contributed by atoms with van der Waals surface area (Å²) < 4.78 is 5.86. The second kappa shape index (κ2) is 5.10. The van der Waals surface area contributed by atoms with E-state index in [4.69, 9.17) is 4.74 Å². The van der Waals surface area contributed by atoms with Gasteiger partial charge in [-0.2, -0.15) is 0 Å². The van der Waals surface area contributed by atoms with Crippen LogP contribution in [0.4, 0.5) is 0 Å². The molecule has 1 aromatic rings. The molecule has 3 rings (SSSR count). The van der Waals surface area contributed by atoms with Crippen molar-refractivity contribution in [3.05, 3.63) is 34.5 Å². The Bertz CT molecular complexity index is 496. The number of likely N-dealkylation sites (tertiary alicyclic amines) is 1. The molecule has 2 heterocycles. The number of hydrogen-bond donors (Lipinski definition) is 0. The van der Waals surface area contributed by atoms with Crippen molar-refractivity contribution in [2.45, 2.75) is 31.9 Å². The van der Waals surface area contributed by atoms with Gasteiger partial charge in [0.15, 0.2) is 0 Å². The van der Waals surface area contributed by atoms with Crippen LogP contribution in [0.1, 0.15) is 28.1 Å². The summed E-state index contributed by atoms with van der Waals surface area (Å²) >= 11 is 1.54. The first-order chi connectivity index (χ1) is 9.22. The number of ether oxygens (including phenoxy) is 1. The normalized spacial score (nSPS) is 28.9. The molecule has 0 radical (unpaired) electrons. The van der Waals surface area contributed by atoms with Gasteiger partial charge in [0.1, 0.15) is 0 Å². The highest BCUT2D eigenvalue weighted by Gasteiger charge is 2.49. The Kier molecular flexibility index (Phi) is 3.46. The van der Waals surface area contributed by atoms with Gasteiger partial charge < -0.3 is 9.64 Å². The average molecular weight is 277 g/mol. The van der Waals surface area contributed by atoms with Crippen molar-refractivity contribution in [2.75, 3.05) is 13.2 Å². The molecule has 1 aromatic heterocycles. The van der Waals surface area contributed by atoms with Gasteiger partial charge in [-0.1, -0.05) is 6.08 Å². The minimum Gasteiger partial charge on any atom is -0.372 e. The highest BCUT2D eigenvalue weighted by atomic mass is 32.1. The van der Waals surface area contributed by atoms with E-state index >= 15 is 0 Å². The molecule has 0 spiro atoms. The molecule has 0 N–H and O–H groups in total. The van der Waals surface area contributed by atoms with Gasteiger partial charge in [0.25, 0.3) is 5.91 Å². The fourth-order valence-corrected chi connectivity index (χ4v) is 4.21. The van der Waals surface area contributed by atoms with Crippen LogP contribution in [0.2, 0.25) is 0 Å². The Morgan fingerprint density at radius 2 is 2.47 bits per heavy atom. The third kappa shape index (κ3) is 2.13. The Hall–Kier alpha value is -1.13. The topological polar surface area (TPSA) is 29.5 Å². The van der Waals surface area contributed by atoms with Crippen LogP contribution in [-0.4, -0.2) is 36.1 Å². The Labute approximate surface area is 117 Å². The molecule has 0 aromatic carbocycles. The summed E-state index contributed by atoms with van der Waals surface area (Å²) in [5.41, 5.74) is 1.08. The number of aryl methyl sites for hydroxylation is 1. The first-order valence-electron chi connectivity index (χ1n) is 6.80. The molecule has 1 aliphatic carbocycles. The highest BCUT2D eigenvalue weighted by molar-refractivity contribution is 7.12. The van der Waals surface area contributed by atoms with E-state index in [1.807, 2.05) is 23.3 Å². The van der Waals surface area contributed by atoms with Gasteiger partial charge in [-0.05, 0) is 36.8 Å². The van der Waals surface area contributed by atoms with Gasteiger partial charge in [-0.3, -0.25) is 4.79 Å². The summed E-state index contributed by atoms with van der Waals surface area (Å²) in [7, 11) is 0. The number of carbonyl (C=O) groups is 1. The molecular formula is C15H19NO2S. The van der Waals surface area contributed by atoms with Crippen molar-refractivity contribution in [2.24, 2.45) is 5.92 Å². The number of carbonyl (C=O) groups excluding carboxylic acids is 1. The van der Waals surface area contributed by atoms with Crippen molar-refractivity contribution in [1.29, 1.82) is 0 Å². The molecule has 2 aliphatic rings. The Morgan fingerprint density at radius 1 is 1.63 bits per heavy atom. The molecule has 3 nitrogen and oxygen atoms in total. The first kappa shape index (κ1) is 12.9. The molecule has 1 aliphatic heterocycles. The van der Waals surface area contributed by atoms with E-state index in [0.29, 0.717) is 12.5 Å². The van der Waals surface area contributed by atoms with E-state index in [2.05, 4.69) is 6.58 Å². The lowest BCUT2D eigenvalue weighted by atomic mass is 10.1. The summed E-state index contributed by atoms with van der Waals surface area (Å²) in [5.74, 6) is 0.695. The maximum Gasteiger partial charge on any atom is 0.264 e. The third-order valence-corrected chi connectivity index (χ3v) is 5.24. The van der Waals surface area contributed by atoms with E-state index in [9.17, 15) is 4.79 Å². The van der Waals surface area contributed by atoms with Crippen LogP contribution in [0.5, 0.6) is 0 Å². The number of piperidine rings is 1. The molecule has 1 amide bonds. The number of amides is 1. The number of nitrogens with zero attached hydrogens (tertiary/aromatic N) is 1. The van der Waals surface area contributed by atoms with Gasteiger partial charge in [0, 0.05) is 12.5 Å². The quantitative estimate of drug-likeness (QED) is 0.792. The second-order valence-corrected chi connectivity index (χ2v) is 6.30. The average Bonchev–Trinajstić information content (AvgIpc) is 3.09. The van der Waals surface area contributed by atoms with E-state index in [1.165, 1.54) is 6.42 Å². The Morgan fingerprint density at radius 3 is 3.16 bits per heavy atom. The minimum atomic E-state index is 0.187. The van der Waals surface area contributed by atoms with E-state index < -0.39 is 0 Å². The predicted molar refractivity (Wildman–Crippen MR) is 76.5 cm³/mol. The molecule has 1 saturated heterocycles. The third-order valence-electron chi connectivity index (χ3n) is 4.23. The fourth-order valence-electron chi connectivity index (χ4n) is 3.33. The van der Waals surface area contributed by atoms with E-state index in [-0.39, 0.29) is 18.1 Å². The van der Waals surface area contributed by atoms with Crippen LogP contribution in [-0.2, 0) is 4.74 Å². The van der Waals surface area contributed by atoms with Crippen LogP contribution in [0.25, 0.3) is 0 Å². The molecule has 2 bridgehead atoms. The maximum atomic E-state index is 12.6. The van der Waals surface area contributed by atoms with Crippen LogP contribution >= 0.6 is 11.3 Å². The summed E-state index contributed by atoms with van der Waals surface area (Å²) in [4.78, 5) is 15.5. The van der Waals surface area contributed by atoms with Gasteiger partial charge in [0.05, 0.1) is 23.6 Å². The summed E-state index contributed by atoms with van der Waals surface area (Å²) in [6, 6.07) is 2.27. The van der Waals surface area contributed by atoms with Crippen LogP contribution < -0.4 is 0 Å². The zero-order valence-corrected chi connectivity index (χ0v) is 12.0. The van der Waals surface area contributed by atoms with Crippen LogP contribution in [0.15, 0.2) is 24.1 Å². The van der Waals surface area contributed by atoms with Crippen molar-refractivity contribution in [3.63, 3.8) is 0 Å². The van der Waals surface area contributed by atoms with Crippen molar-refractivity contribution < 1.29 is 9.53 Å². The Balaban J connectivity index is 1.75. The minimum absolute atomic E-state index is 0.187. The first-order valence-corrected chi connectivity index (χ1v) is 7.68. The monoisotopic (exact) mass is 277 g/mol. The predicted octanol–water partition coefficient (Wildman–Crippen LogP) is 2.86.